The number of rotatable bonds is 2. The van der Waals surface area contributed by atoms with Gasteiger partial charge in [0.25, 0.3) is 0 Å². The number of allylic oxidation sites excluding steroid dienone is 2. The summed E-state index contributed by atoms with van der Waals surface area (Å²) in [6, 6.07) is 0. The van der Waals surface area contributed by atoms with Gasteiger partial charge >= 0.3 is 0 Å². The van der Waals surface area contributed by atoms with E-state index in [2.05, 4.69) is 11.9 Å². The second-order valence-corrected chi connectivity index (χ2v) is 2.18. The largest absolute Gasteiger partial charge is 0.365 e. The number of nitrogens with one attached hydrogen (secondary N) is 1. The van der Waals surface area contributed by atoms with Crippen LogP contribution in [-0.4, -0.2) is 6.17 Å². The molecule has 50 valence electrons. The third kappa shape index (κ3) is 0.969. The fraction of sp³-hybridized carbons (Fsp3) is 0.429. The maximum atomic E-state index is 12.4. The zero-order valence-electron chi connectivity index (χ0n) is 5.45. The van der Waals surface area contributed by atoms with Crippen LogP contribution in [0.4, 0.5) is 4.39 Å². The van der Waals surface area contributed by atoms with Crippen molar-refractivity contribution in [2.75, 3.05) is 0 Å². The van der Waals surface area contributed by atoms with Gasteiger partial charge in [0.15, 0.2) is 0 Å². The Morgan fingerprint density at radius 3 is 2.89 bits per heavy atom. The van der Waals surface area contributed by atoms with Gasteiger partial charge in [-0.25, -0.2) is 4.39 Å². The molecule has 0 bridgehead atoms. The lowest BCUT2D eigenvalue weighted by Gasteiger charge is -2.24. The number of alkyl halides is 1. The van der Waals surface area contributed by atoms with Crippen LogP contribution < -0.4 is 5.32 Å². The third-order valence-corrected chi connectivity index (χ3v) is 1.61. The van der Waals surface area contributed by atoms with Crippen LogP contribution >= 0.6 is 0 Å². The molecular weight excluding hydrogens is 117 g/mol. The molecule has 1 aliphatic rings. The van der Waals surface area contributed by atoms with Gasteiger partial charge in [-0.05, 0) is 18.7 Å². The number of hydrogen-bond acceptors (Lipinski definition) is 1. The highest BCUT2D eigenvalue weighted by molar-refractivity contribution is 5.27. The van der Waals surface area contributed by atoms with Crippen molar-refractivity contribution >= 4 is 0 Å². The molecule has 0 heterocycles. The second-order valence-electron chi connectivity index (χ2n) is 2.18. The molecule has 2 heteroatoms. The lowest BCUT2D eigenvalue weighted by molar-refractivity contribution is 0.334. The number of hydrogen-bond donors (Lipinski definition) is 1. The first-order valence-corrected chi connectivity index (χ1v) is 2.97. The summed E-state index contributed by atoms with van der Waals surface area (Å²) in [6.07, 6.45) is 1.38. The molecular formula is C7H10FN. The Labute approximate surface area is 54.3 Å². The van der Waals surface area contributed by atoms with Crippen molar-refractivity contribution in [3.05, 3.63) is 24.0 Å². The van der Waals surface area contributed by atoms with E-state index in [1.54, 1.807) is 13.1 Å². The Morgan fingerprint density at radius 2 is 2.56 bits per heavy atom. The van der Waals surface area contributed by atoms with E-state index < -0.39 is 6.17 Å². The van der Waals surface area contributed by atoms with Crippen LogP contribution in [-0.2, 0) is 0 Å². The van der Waals surface area contributed by atoms with Gasteiger partial charge in [-0.3, -0.25) is 0 Å². The molecule has 0 saturated carbocycles. The molecule has 1 aliphatic carbocycles. The highest BCUT2D eigenvalue weighted by atomic mass is 19.1. The van der Waals surface area contributed by atoms with Gasteiger partial charge in [0.05, 0.1) is 0 Å². The van der Waals surface area contributed by atoms with E-state index >= 15 is 0 Å². The standard InChI is InChI=1S/C7H10FN/c1-3-9-7-4-6(8)5(7)2/h3,6,9H,1,4H2,2H3/t6-/m0/s1. The molecule has 0 amide bonds. The average molecular weight is 127 g/mol. The molecule has 0 fully saturated rings. The Hall–Kier alpha value is -0.790. The quantitative estimate of drug-likeness (QED) is 0.595. The maximum Gasteiger partial charge on any atom is 0.128 e. The first-order chi connectivity index (χ1) is 4.25. The summed E-state index contributed by atoms with van der Waals surface area (Å²) in [5.41, 5.74) is 1.80. The van der Waals surface area contributed by atoms with Crippen LogP contribution in [0.25, 0.3) is 0 Å². The van der Waals surface area contributed by atoms with Crippen LogP contribution in [0.15, 0.2) is 24.0 Å². The van der Waals surface area contributed by atoms with Crippen molar-refractivity contribution in [1.82, 2.24) is 5.32 Å². The van der Waals surface area contributed by atoms with E-state index in [-0.39, 0.29) is 0 Å². The fourth-order valence-electron chi connectivity index (χ4n) is 0.847. The summed E-state index contributed by atoms with van der Waals surface area (Å²) in [6.45, 7) is 5.27. The van der Waals surface area contributed by atoms with Gasteiger partial charge in [0.1, 0.15) is 6.17 Å². The third-order valence-electron chi connectivity index (χ3n) is 1.61. The molecule has 0 saturated heterocycles. The van der Waals surface area contributed by atoms with Gasteiger partial charge in [-0.1, -0.05) is 6.58 Å². The second kappa shape index (κ2) is 2.21. The van der Waals surface area contributed by atoms with E-state index in [0.29, 0.717) is 6.42 Å². The molecule has 1 nitrogen and oxygen atoms in total. The van der Waals surface area contributed by atoms with Crippen molar-refractivity contribution in [3.63, 3.8) is 0 Å². The molecule has 1 rings (SSSR count). The Bertz CT molecular complexity index is 160. The summed E-state index contributed by atoms with van der Waals surface area (Å²) in [7, 11) is 0. The van der Waals surface area contributed by atoms with Gasteiger partial charge in [-0.2, -0.15) is 0 Å². The van der Waals surface area contributed by atoms with Crippen molar-refractivity contribution < 1.29 is 4.39 Å². The molecule has 9 heavy (non-hydrogen) atoms. The summed E-state index contributed by atoms with van der Waals surface area (Å²) in [5.74, 6) is 0. The summed E-state index contributed by atoms with van der Waals surface area (Å²) in [5, 5.41) is 2.87. The van der Waals surface area contributed by atoms with Crippen molar-refractivity contribution in [2.45, 2.75) is 19.5 Å². The van der Waals surface area contributed by atoms with E-state index in [4.69, 9.17) is 0 Å². The SMILES string of the molecule is C=CNC1=C(C)[C@@H](F)C1. The molecule has 0 aromatic heterocycles. The van der Waals surface area contributed by atoms with Crippen molar-refractivity contribution in [3.8, 4) is 0 Å². The normalized spacial score (nSPS) is 25.3. The van der Waals surface area contributed by atoms with Gasteiger partial charge in [0.2, 0.25) is 0 Å². The molecule has 0 aromatic rings. The zero-order valence-corrected chi connectivity index (χ0v) is 5.45. The molecule has 0 aromatic carbocycles. The summed E-state index contributed by atoms with van der Waals surface area (Å²) >= 11 is 0. The topological polar surface area (TPSA) is 12.0 Å². The molecule has 1 N–H and O–H groups in total. The fourth-order valence-corrected chi connectivity index (χ4v) is 0.847. The molecule has 0 aliphatic heterocycles. The van der Waals surface area contributed by atoms with E-state index in [1.807, 2.05) is 0 Å². The van der Waals surface area contributed by atoms with Crippen LogP contribution in [0.3, 0.4) is 0 Å². The lowest BCUT2D eigenvalue weighted by Crippen LogP contribution is -2.25. The Morgan fingerprint density at radius 1 is 1.89 bits per heavy atom. The lowest BCUT2D eigenvalue weighted by atomic mass is 9.94. The Balaban J connectivity index is 2.53. The average Bonchev–Trinajstić information content (AvgIpc) is 1.88. The van der Waals surface area contributed by atoms with Gasteiger partial charge in [-0.15, -0.1) is 0 Å². The predicted octanol–water partition coefficient (Wildman–Crippen LogP) is 1.74. The van der Waals surface area contributed by atoms with Crippen molar-refractivity contribution in [2.24, 2.45) is 0 Å². The predicted molar refractivity (Wildman–Crippen MR) is 35.5 cm³/mol. The molecule has 0 radical (unpaired) electrons. The van der Waals surface area contributed by atoms with E-state index in [1.165, 1.54) is 0 Å². The first kappa shape index (κ1) is 6.33. The van der Waals surface area contributed by atoms with E-state index in [0.717, 1.165) is 11.3 Å². The monoisotopic (exact) mass is 127 g/mol. The summed E-state index contributed by atoms with van der Waals surface area (Å²) in [4.78, 5) is 0. The van der Waals surface area contributed by atoms with Crippen LogP contribution in [0.1, 0.15) is 13.3 Å². The minimum Gasteiger partial charge on any atom is -0.365 e. The van der Waals surface area contributed by atoms with E-state index in [9.17, 15) is 4.39 Å². The highest BCUT2D eigenvalue weighted by Gasteiger charge is 2.24. The van der Waals surface area contributed by atoms with Gasteiger partial charge in [0, 0.05) is 12.1 Å². The number of halogens is 1. The van der Waals surface area contributed by atoms with Crippen LogP contribution in [0.5, 0.6) is 0 Å². The first-order valence-electron chi connectivity index (χ1n) is 2.97. The Kier molecular flexibility index (Phi) is 1.56. The van der Waals surface area contributed by atoms with Gasteiger partial charge < -0.3 is 5.32 Å². The smallest absolute Gasteiger partial charge is 0.128 e. The zero-order chi connectivity index (χ0) is 6.85. The molecule has 0 spiro atoms. The minimum atomic E-state index is -0.715. The maximum absolute atomic E-state index is 12.4. The van der Waals surface area contributed by atoms with Crippen LogP contribution in [0, 0.1) is 0 Å². The minimum absolute atomic E-state index is 0.526. The highest BCUT2D eigenvalue weighted by Crippen LogP contribution is 2.28. The van der Waals surface area contributed by atoms with Crippen LogP contribution in [0.2, 0.25) is 0 Å². The molecule has 1 atom stereocenters. The molecule has 0 unspecified atom stereocenters. The van der Waals surface area contributed by atoms with Crippen molar-refractivity contribution in [1.29, 1.82) is 0 Å². The summed E-state index contributed by atoms with van der Waals surface area (Å²) < 4.78 is 12.4.